The smallest absolute Gasteiger partial charge is 0.220 e. The number of benzene rings is 1. The Morgan fingerprint density at radius 1 is 1.00 bits per heavy atom. The molecule has 0 atom stereocenters. The molecule has 10 nitrogen and oxygen atoms in total. The van der Waals surface area contributed by atoms with Crippen molar-refractivity contribution in [3.63, 3.8) is 0 Å². The number of aliphatic hydroxyl groups is 3. The Kier molecular flexibility index (Phi) is 7.42. The number of nitrogens with two attached hydrogens (primary N) is 1. The van der Waals surface area contributed by atoms with Crippen molar-refractivity contribution in [3.05, 3.63) is 28.4 Å². The molecule has 3 rings (SSSR count). The van der Waals surface area contributed by atoms with Gasteiger partial charge in [-0.15, -0.1) is 0 Å². The summed E-state index contributed by atoms with van der Waals surface area (Å²) < 4.78 is 10.7. The van der Waals surface area contributed by atoms with Crippen LogP contribution in [0.3, 0.4) is 0 Å². The molecular formula is C20H23Cl2N5O5. The van der Waals surface area contributed by atoms with E-state index < -0.39 is 25.2 Å². The predicted molar refractivity (Wildman–Crippen MR) is 122 cm³/mol. The van der Waals surface area contributed by atoms with Gasteiger partial charge in [0, 0.05) is 29.8 Å². The van der Waals surface area contributed by atoms with E-state index in [0.717, 1.165) is 0 Å². The van der Waals surface area contributed by atoms with Gasteiger partial charge in [0.05, 0.1) is 55.2 Å². The molecule has 3 aromatic rings. The van der Waals surface area contributed by atoms with E-state index >= 15 is 0 Å². The molecule has 0 aliphatic rings. The van der Waals surface area contributed by atoms with Crippen LogP contribution >= 0.6 is 23.2 Å². The number of anilines is 2. The number of hydrogen-bond acceptors (Lipinski definition) is 10. The van der Waals surface area contributed by atoms with Crippen LogP contribution < -0.4 is 20.5 Å². The van der Waals surface area contributed by atoms with Gasteiger partial charge in [0.25, 0.3) is 0 Å². The Labute approximate surface area is 193 Å². The Morgan fingerprint density at radius 2 is 1.59 bits per heavy atom. The number of fused-ring (bicyclic) bond motifs is 1. The second-order valence-electron chi connectivity index (χ2n) is 7.13. The largest absolute Gasteiger partial charge is 0.495 e. The molecule has 0 fully saturated rings. The number of nitrogen functional groups attached to an aromatic ring is 1. The molecule has 1 aromatic carbocycles. The fourth-order valence-electron chi connectivity index (χ4n) is 3.00. The number of rotatable bonds is 9. The first-order valence-corrected chi connectivity index (χ1v) is 10.2. The molecular weight excluding hydrogens is 461 g/mol. The summed E-state index contributed by atoms with van der Waals surface area (Å²) in [6, 6.07) is 3.25. The van der Waals surface area contributed by atoms with Crippen molar-refractivity contribution in [2.75, 3.05) is 51.6 Å². The molecule has 172 valence electrons. The highest BCUT2D eigenvalue weighted by molar-refractivity contribution is 6.41. The predicted octanol–water partition coefficient (Wildman–Crippen LogP) is 1.97. The van der Waals surface area contributed by atoms with Gasteiger partial charge in [-0.1, -0.05) is 23.2 Å². The molecule has 6 N–H and O–H groups in total. The number of aromatic nitrogens is 3. The van der Waals surface area contributed by atoms with Gasteiger partial charge in [-0.05, 0) is 6.07 Å². The summed E-state index contributed by atoms with van der Waals surface area (Å²) >= 11 is 13.1. The monoisotopic (exact) mass is 483 g/mol. The molecule has 0 amide bonds. The molecule has 0 saturated carbocycles. The minimum atomic E-state index is -1.18. The normalized spacial score (nSPS) is 11.6. The minimum absolute atomic E-state index is 0.00510. The first-order chi connectivity index (χ1) is 15.3. The lowest BCUT2D eigenvalue weighted by atomic mass is 9.91. The Bertz CT molecular complexity index is 1090. The van der Waals surface area contributed by atoms with E-state index in [4.69, 9.17) is 38.4 Å². The molecule has 12 heteroatoms. The first-order valence-electron chi connectivity index (χ1n) is 9.43. The van der Waals surface area contributed by atoms with Crippen molar-refractivity contribution in [3.8, 4) is 22.8 Å². The number of halogens is 2. The van der Waals surface area contributed by atoms with Crippen LogP contribution in [0.15, 0.2) is 18.3 Å². The topological polar surface area (TPSA) is 156 Å². The van der Waals surface area contributed by atoms with Gasteiger partial charge in [-0.25, -0.2) is 15.0 Å². The van der Waals surface area contributed by atoms with Gasteiger partial charge in [0.2, 0.25) is 5.95 Å². The van der Waals surface area contributed by atoms with Gasteiger partial charge < -0.3 is 35.8 Å². The SMILES string of the molecule is COc1cc(OC)c(Cl)c(-c2cc3cnc(N)nc3c(NCC(CO)(CO)CO)n2)c1Cl. The molecule has 0 saturated heterocycles. The Hall–Kier alpha value is -2.63. The van der Waals surface area contributed by atoms with Crippen LogP contribution in [-0.2, 0) is 0 Å². The van der Waals surface area contributed by atoms with Crippen molar-refractivity contribution in [2.45, 2.75) is 0 Å². The molecule has 0 aliphatic heterocycles. The van der Waals surface area contributed by atoms with Gasteiger partial charge in [0.15, 0.2) is 5.82 Å². The molecule has 0 bridgehead atoms. The van der Waals surface area contributed by atoms with Crippen LogP contribution in [0.25, 0.3) is 22.2 Å². The lowest BCUT2D eigenvalue weighted by Crippen LogP contribution is -2.40. The van der Waals surface area contributed by atoms with Gasteiger partial charge in [-0.3, -0.25) is 0 Å². The maximum absolute atomic E-state index is 9.64. The zero-order chi connectivity index (χ0) is 23.5. The van der Waals surface area contributed by atoms with Crippen LogP contribution in [-0.4, -0.2) is 70.9 Å². The third-order valence-electron chi connectivity index (χ3n) is 5.05. The summed E-state index contributed by atoms with van der Waals surface area (Å²) in [7, 11) is 2.93. The molecule has 32 heavy (non-hydrogen) atoms. The van der Waals surface area contributed by atoms with E-state index in [1.54, 1.807) is 12.1 Å². The third kappa shape index (κ3) is 4.45. The zero-order valence-corrected chi connectivity index (χ0v) is 18.9. The van der Waals surface area contributed by atoms with Crippen molar-refractivity contribution in [2.24, 2.45) is 5.41 Å². The summed E-state index contributed by atoms with van der Waals surface area (Å²) in [6.45, 7) is -1.36. The number of methoxy groups -OCH3 is 2. The van der Waals surface area contributed by atoms with Crippen molar-refractivity contribution in [1.29, 1.82) is 0 Å². The Morgan fingerprint density at radius 3 is 2.12 bits per heavy atom. The number of ether oxygens (including phenoxy) is 2. The van der Waals surface area contributed by atoms with E-state index in [2.05, 4.69) is 20.3 Å². The molecule has 0 aliphatic carbocycles. The number of nitrogens with zero attached hydrogens (tertiary/aromatic N) is 3. The average Bonchev–Trinajstić information content (AvgIpc) is 2.80. The molecule has 0 unspecified atom stereocenters. The van der Waals surface area contributed by atoms with E-state index in [-0.39, 0.29) is 28.4 Å². The quantitative estimate of drug-likeness (QED) is 0.304. The average molecular weight is 484 g/mol. The van der Waals surface area contributed by atoms with Crippen LogP contribution in [0.4, 0.5) is 11.8 Å². The number of aliphatic hydroxyl groups excluding tert-OH is 3. The summed E-state index contributed by atoms with van der Waals surface area (Å²) in [4.78, 5) is 12.9. The zero-order valence-electron chi connectivity index (χ0n) is 17.4. The van der Waals surface area contributed by atoms with Gasteiger partial charge >= 0.3 is 0 Å². The second-order valence-corrected chi connectivity index (χ2v) is 7.89. The van der Waals surface area contributed by atoms with Crippen LogP contribution in [0.5, 0.6) is 11.5 Å². The fourth-order valence-corrected chi connectivity index (χ4v) is 3.70. The summed E-state index contributed by atoms with van der Waals surface area (Å²) in [6.07, 6.45) is 1.52. The molecule has 0 radical (unpaired) electrons. The molecule has 0 spiro atoms. The minimum Gasteiger partial charge on any atom is -0.495 e. The number of nitrogens with one attached hydrogen (secondary N) is 1. The highest BCUT2D eigenvalue weighted by atomic mass is 35.5. The van der Waals surface area contributed by atoms with Crippen molar-refractivity contribution >= 4 is 45.9 Å². The Balaban J connectivity index is 2.22. The summed E-state index contributed by atoms with van der Waals surface area (Å²) in [5, 5.41) is 33.0. The standard InChI is InChI=1S/C20H23Cl2N5O5/c1-31-12-4-13(32-2)16(22)14(15(12)21)11-3-10-5-24-19(23)27-17(10)18(26-11)25-6-20(7-28,8-29)9-30/h3-5,28-30H,6-9H2,1-2H3,(H,25,26)(H2,23,24,27). The van der Waals surface area contributed by atoms with E-state index in [0.29, 0.717) is 33.7 Å². The number of hydrogen-bond donors (Lipinski definition) is 5. The van der Waals surface area contributed by atoms with Gasteiger partial charge in [0.1, 0.15) is 17.0 Å². The summed E-state index contributed by atoms with van der Waals surface area (Å²) in [5.41, 5.74) is 5.69. The third-order valence-corrected chi connectivity index (χ3v) is 5.80. The second kappa shape index (κ2) is 9.88. The fraction of sp³-hybridized carbons (Fsp3) is 0.350. The van der Waals surface area contributed by atoms with Crippen LogP contribution in [0.2, 0.25) is 10.0 Å². The van der Waals surface area contributed by atoms with Crippen LogP contribution in [0.1, 0.15) is 0 Å². The highest BCUT2D eigenvalue weighted by Crippen LogP contribution is 2.46. The van der Waals surface area contributed by atoms with E-state index in [9.17, 15) is 15.3 Å². The maximum Gasteiger partial charge on any atom is 0.220 e. The van der Waals surface area contributed by atoms with Gasteiger partial charge in [-0.2, -0.15) is 0 Å². The lowest BCUT2D eigenvalue weighted by molar-refractivity contribution is 0.0156. The van der Waals surface area contributed by atoms with Crippen molar-refractivity contribution in [1.82, 2.24) is 15.0 Å². The highest BCUT2D eigenvalue weighted by Gasteiger charge is 2.29. The number of pyridine rings is 1. The summed E-state index contributed by atoms with van der Waals surface area (Å²) in [5.74, 6) is 0.979. The molecule has 2 heterocycles. The first kappa shape index (κ1) is 24.0. The van der Waals surface area contributed by atoms with Crippen molar-refractivity contribution < 1.29 is 24.8 Å². The lowest BCUT2D eigenvalue weighted by Gasteiger charge is -2.28. The van der Waals surface area contributed by atoms with Crippen LogP contribution in [0, 0.1) is 5.41 Å². The maximum atomic E-state index is 9.64. The van der Waals surface area contributed by atoms with E-state index in [1.165, 1.54) is 20.4 Å². The van der Waals surface area contributed by atoms with E-state index in [1.807, 2.05) is 0 Å². The molecule has 2 aromatic heterocycles.